The van der Waals surface area contributed by atoms with E-state index in [4.69, 9.17) is 15.2 Å². The molecule has 2 aromatic carbocycles. The van der Waals surface area contributed by atoms with E-state index in [9.17, 15) is 4.79 Å². The van der Waals surface area contributed by atoms with Crippen LogP contribution in [0.3, 0.4) is 0 Å². The van der Waals surface area contributed by atoms with Gasteiger partial charge in [-0.25, -0.2) is 0 Å². The normalized spacial score (nSPS) is 10.2. The summed E-state index contributed by atoms with van der Waals surface area (Å²) in [5.74, 6) is 1.57. The lowest BCUT2D eigenvalue weighted by atomic mass is 10.1. The quantitative estimate of drug-likeness (QED) is 0.797. The number of anilines is 1. The van der Waals surface area contributed by atoms with Gasteiger partial charge in [-0.2, -0.15) is 0 Å². The van der Waals surface area contributed by atoms with Crippen molar-refractivity contribution in [1.82, 2.24) is 4.90 Å². The zero-order chi connectivity index (χ0) is 16.7. The smallest absolute Gasteiger partial charge is 0.226 e. The molecule has 0 aliphatic rings. The van der Waals surface area contributed by atoms with E-state index in [1.54, 1.807) is 25.1 Å². The summed E-state index contributed by atoms with van der Waals surface area (Å²) in [6.07, 6.45) is 0.337. The summed E-state index contributed by atoms with van der Waals surface area (Å²) in [6, 6.07) is 14.7. The summed E-state index contributed by atoms with van der Waals surface area (Å²) in [5.41, 5.74) is 7.30. The molecule has 2 rings (SSSR count). The van der Waals surface area contributed by atoms with E-state index in [1.165, 1.54) is 0 Å². The maximum Gasteiger partial charge on any atom is 0.226 e. The second-order valence-corrected chi connectivity index (χ2v) is 5.26. The van der Waals surface area contributed by atoms with E-state index in [2.05, 4.69) is 0 Å². The first-order valence-corrected chi connectivity index (χ1v) is 7.43. The van der Waals surface area contributed by atoms with Crippen LogP contribution in [0.2, 0.25) is 0 Å². The van der Waals surface area contributed by atoms with Gasteiger partial charge in [0, 0.05) is 12.7 Å². The van der Waals surface area contributed by atoms with Gasteiger partial charge in [-0.15, -0.1) is 0 Å². The van der Waals surface area contributed by atoms with Crippen molar-refractivity contribution in [2.45, 2.75) is 6.42 Å². The van der Waals surface area contributed by atoms with Crippen LogP contribution in [-0.4, -0.2) is 38.1 Å². The Morgan fingerprint density at radius 1 is 1.13 bits per heavy atom. The number of nitrogens with two attached hydrogens (primary N) is 1. The molecule has 2 aromatic rings. The first kappa shape index (κ1) is 16.7. The van der Waals surface area contributed by atoms with Crippen LogP contribution in [0, 0.1) is 0 Å². The number of carbonyl (C=O) groups is 1. The number of amides is 1. The van der Waals surface area contributed by atoms with Crippen molar-refractivity contribution in [2.75, 3.05) is 33.0 Å². The zero-order valence-electron chi connectivity index (χ0n) is 13.5. The molecular weight excluding hydrogens is 292 g/mol. The topological polar surface area (TPSA) is 64.8 Å². The lowest BCUT2D eigenvalue weighted by Crippen LogP contribution is -2.32. The van der Waals surface area contributed by atoms with Crippen LogP contribution in [0.25, 0.3) is 0 Å². The first-order valence-electron chi connectivity index (χ1n) is 7.43. The highest BCUT2D eigenvalue weighted by Crippen LogP contribution is 2.16. The predicted octanol–water partition coefficient (Wildman–Crippen LogP) is 2.36. The third-order valence-electron chi connectivity index (χ3n) is 3.49. The summed E-state index contributed by atoms with van der Waals surface area (Å²) < 4.78 is 10.7. The first-order chi connectivity index (χ1) is 11.1. The van der Waals surface area contributed by atoms with Gasteiger partial charge < -0.3 is 20.1 Å². The lowest BCUT2D eigenvalue weighted by Gasteiger charge is -2.17. The molecule has 1 amide bonds. The van der Waals surface area contributed by atoms with Gasteiger partial charge >= 0.3 is 0 Å². The molecule has 0 bridgehead atoms. The molecule has 0 fully saturated rings. The average molecular weight is 314 g/mol. The van der Waals surface area contributed by atoms with Crippen LogP contribution in [-0.2, 0) is 11.2 Å². The third-order valence-corrected chi connectivity index (χ3v) is 3.49. The van der Waals surface area contributed by atoms with E-state index in [0.29, 0.717) is 25.3 Å². The molecule has 0 saturated carbocycles. The van der Waals surface area contributed by atoms with Crippen molar-refractivity contribution in [1.29, 1.82) is 0 Å². The van der Waals surface area contributed by atoms with Gasteiger partial charge in [0.15, 0.2) is 0 Å². The fourth-order valence-corrected chi connectivity index (χ4v) is 2.11. The Morgan fingerprint density at radius 3 is 2.48 bits per heavy atom. The molecule has 0 saturated heterocycles. The highest BCUT2D eigenvalue weighted by Gasteiger charge is 2.10. The Kier molecular flexibility index (Phi) is 5.86. The molecule has 0 spiro atoms. The number of rotatable bonds is 7. The van der Waals surface area contributed by atoms with Crippen LogP contribution >= 0.6 is 0 Å². The van der Waals surface area contributed by atoms with Crippen LogP contribution < -0.4 is 15.2 Å². The molecule has 122 valence electrons. The molecule has 2 N–H and O–H groups in total. The van der Waals surface area contributed by atoms with Crippen molar-refractivity contribution < 1.29 is 14.3 Å². The molecule has 0 atom stereocenters. The molecule has 0 aromatic heterocycles. The number of methoxy groups -OCH3 is 1. The minimum Gasteiger partial charge on any atom is -0.497 e. The molecule has 0 aliphatic heterocycles. The third kappa shape index (κ3) is 5.21. The van der Waals surface area contributed by atoms with E-state index in [1.807, 2.05) is 42.5 Å². The van der Waals surface area contributed by atoms with Crippen molar-refractivity contribution in [2.24, 2.45) is 0 Å². The maximum atomic E-state index is 12.2. The minimum atomic E-state index is 0.0360. The fraction of sp³-hybridized carbons (Fsp3) is 0.278. The maximum absolute atomic E-state index is 12.2. The standard InChI is InChI=1S/C18H22N2O3/c1-20(18(21)13-14-4-3-5-15(19)12-14)10-11-23-17-8-6-16(22-2)7-9-17/h3-9,12H,10-11,13,19H2,1-2H3. The van der Waals surface area contributed by atoms with Gasteiger partial charge in [-0.1, -0.05) is 12.1 Å². The number of carbonyl (C=O) groups excluding carboxylic acids is 1. The van der Waals surface area contributed by atoms with Crippen molar-refractivity contribution >= 4 is 11.6 Å². The van der Waals surface area contributed by atoms with E-state index in [-0.39, 0.29) is 5.91 Å². The number of ether oxygens (including phenoxy) is 2. The summed E-state index contributed by atoms with van der Waals surface area (Å²) in [5, 5.41) is 0. The Balaban J connectivity index is 1.77. The van der Waals surface area contributed by atoms with E-state index >= 15 is 0 Å². The van der Waals surface area contributed by atoms with Crippen molar-refractivity contribution in [3.8, 4) is 11.5 Å². The van der Waals surface area contributed by atoms with Gasteiger partial charge in [0.1, 0.15) is 18.1 Å². The lowest BCUT2D eigenvalue weighted by molar-refractivity contribution is -0.129. The Morgan fingerprint density at radius 2 is 1.83 bits per heavy atom. The Bertz CT molecular complexity index is 641. The largest absolute Gasteiger partial charge is 0.497 e. The number of hydrogen-bond acceptors (Lipinski definition) is 4. The molecule has 0 radical (unpaired) electrons. The molecule has 5 heteroatoms. The van der Waals surface area contributed by atoms with Gasteiger partial charge in [0.2, 0.25) is 5.91 Å². The zero-order valence-corrected chi connectivity index (χ0v) is 13.5. The predicted molar refractivity (Wildman–Crippen MR) is 90.7 cm³/mol. The highest BCUT2D eigenvalue weighted by atomic mass is 16.5. The summed E-state index contributed by atoms with van der Waals surface area (Å²) in [6.45, 7) is 0.957. The van der Waals surface area contributed by atoms with Gasteiger partial charge in [0.05, 0.1) is 20.1 Å². The number of nitrogen functional groups attached to an aromatic ring is 1. The van der Waals surface area contributed by atoms with Gasteiger partial charge in [-0.05, 0) is 42.0 Å². The SMILES string of the molecule is COc1ccc(OCCN(C)C(=O)Cc2cccc(N)c2)cc1. The second kappa shape index (κ2) is 8.08. The summed E-state index contributed by atoms with van der Waals surface area (Å²) in [7, 11) is 3.39. The summed E-state index contributed by atoms with van der Waals surface area (Å²) in [4.78, 5) is 13.8. The molecule has 0 aliphatic carbocycles. The minimum absolute atomic E-state index is 0.0360. The van der Waals surface area contributed by atoms with Crippen LogP contribution in [0.1, 0.15) is 5.56 Å². The molecule has 0 heterocycles. The van der Waals surface area contributed by atoms with E-state index in [0.717, 1.165) is 17.1 Å². The van der Waals surface area contributed by atoms with Gasteiger partial charge in [0.25, 0.3) is 0 Å². The fourth-order valence-electron chi connectivity index (χ4n) is 2.11. The summed E-state index contributed by atoms with van der Waals surface area (Å²) >= 11 is 0. The molecule has 23 heavy (non-hydrogen) atoms. The molecular formula is C18H22N2O3. The molecule has 5 nitrogen and oxygen atoms in total. The number of nitrogens with zero attached hydrogens (tertiary/aromatic N) is 1. The molecule has 0 unspecified atom stereocenters. The number of likely N-dealkylation sites (N-methyl/N-ethyl adjacent to an activating group) is 1. The Labute approximate surface area is 136 Å². The second-order valence-electron chi connectivity index (χ2n) is 5.26. The number of benzene rings is 2. The highest BCUT2D eigenvalue weighted by molar-refractivity contribution is 5.78. The van der Waals surface area contributed by atoms with Crippen LogP contribution in [0.15, 0.2) is 48.5 Å². The Hall–Kier alpha value is -2.69. The monoisotopic (exact) mass is 314 g/mol. The van der Waals surface area contributed by atoms with Crippen LogP contribution in [0.5, 0.6) is 11.5 Å². The van der Waals surface area contributed by atoms with Crippen molar-refractivity contribution in [3.05, 3.63) is 54.1 Å². The number of hydrogen-bond donors (Lipinski definition) is 1. The average Bonchev–Trinajstić information content (AvgIpc) is 2.55. The van der Waals surface area contributed by atoms with Crippen LogP contribution in [0.4, 0.5) is 5.69 Å². The van der Waals surface area contributed by atoms with Gasteiger partial charge in [-0.3, -0.25) is 4.79 Å². The van der Waals surface area contributed by atoms with E-state index < -0.39 is 0 Å². The van der Waals surface area contributed by atoms with Crippen molar-refractivity contribution in [3.63, 3.8) is 0 Å².